The average molecular weight is 302 g/mol. The first-order chi connectivity index (χ1) is 8.89. The molecule has 1 aromatic heterocycles. The quantitative estimate of drug-likeness (QED) is 0.848. The van der Waals surface area contributed by atoms with Gasteiger partial charge in [0.25, 0.3) is 5.91 Å². The molecule has 0 aromatic carbocycles. The molecule has 0 atom stereocenters. The van der Waals surface area contributed by atoms with E-state index in [1.54, 1.807) is 23.9 Å². The molecule has 1 amide bonds. The van der Waals surface area contributed by atoms with Gasteiger partial charge in [0.2, 0.25) is 0 Å². The Hall–Kier alpha value is -0.940. The molecule has 0 saturated heterocycles. The van der Waals surface area contributed by atoms with Crippen LogP contribution in [0.15, 0.2) is 12.1 Å². The van der Waals surface area contributed by atoms with Crippen LogP contribution in [-0.4, -0.2) is 35.0 Å². The van der Waals surface area contributed by atoms with E-state index in [-0.39, 0.29) is 16.3 Å². The molecule has 1 aromatic rings. The molecule has 0 saturated carbocycles. The van der Waals surface area contributed by atoms with Crippen molar-refractivity contribution < 1.29 is 4.79 Å². The topological polar surface area (TPSA) is 54.0 Å². The van der Waals surface area contributed by atoms with E-state index >= 15 is 0 Å². The van der Waals surface area contributed by atoms with Crippen LogP contribution in [0.1, 0.15) is 31.3 Å². The highest BCUT2D eigenvalue weighted by atomic mass is 35.5. The summed E-state index contributed by atoms with van der Waals surface area (Å²) in [5, 5.41) is 6.29. The fraction of sp³-hybridized carbons (Fsp3) is 0.538. The number of nitrogens with zero attached hydrogens (tertiary/aromatic N) is 1. The van der Waals surface area contributed by atoms with Crippen LogP contribution in [0.25, 0.3) is 0 Å². The van der Waals surface area contributed by atoms with Crippen molar-refractivity contribution in [1.29, 1.82) is 0 Å². The lowest BCUT2D eigenvalue weighted by molar-refractivity contribution is 0.0946. The largest absolute Gasteiger partial charge is 0.370 e. The second kappa shape index (κ2) is 7.01. The van der Waals surface area contributed by atoms with Crippen molar-refractivity contribution in [2.45, 2.75) is 25.5 Å². The van der Waals surface area contributed by atoms with Gasteiger partial charge >= 0.3 is 0 Å². The minimum Gasteiger partial charge on any atom is -0.370 e. The number of halogens is 1. The zero-order chi connectivity index (χ0) is 14.5. The van der Waals surface area contributed by atoms with Crippen molar-refractivity contribution in [3.63, 3.8) is 0 Å². The summed E-state index contributed by atoms with van der Waals surface area (Å²) in [6, 6.07) is 3.44. The van der Waals surface area contributed by atoms with Gasteiger partial charge in [-0.05, 0) is 39.2 Å². The van der Waals surface area contributed by atoms with E-state index in [1.807, 2.05) is 13.2 Å². The Morgan fingerprint density at radius 1 is 1.47 bits per heavy atom. The minimum atomic E-state index is -0.244. The van der Waals surface area contributed by atoms with Gasteiger partial charge in [-0.3, -0.25) is 4.79 Å². The molecular formula is C13H20ClN3OS. The third-order valence-corrected chi connectivity index (χ3v) is 4.20. The maximum Gasteiger partial charge on any atom is 0.271 e. The molecule has 2 N–H and O–H groups in total. The normalized spacial score (nSPS) is 11.2. The Labute approximate surface area is 123 Å². The number of aromatic nitrogens is 1. The number of pyridine rings is 1. The van der Waals surface area contributed by atoms with Gasteiger partial charge in [-0.25, -0.2) is 4.98 Å². The Bertz CT molecular complexity index is 452. The Morgan fingerprint density at radius 2 is 2.16 bits per heavy atom. The van der Waals surface area contributed by atoms with Crippen molar-refractivity contribution in [2.75, 3.05) is 24.7 Å². The van der Waals surface area contributed by atoms with Gasteiger partial charge in [-0.15, -0.1) is 0 Å². The number of hydrogen-bond donors (Lipinski definition) is 2. The van der Waals surface area contributed by atoms with Crippen LogP contribution in [0.3, 0.4) is 0 Å². The fourth-order valence-corrected chi connectivity index (χ4v) is 1.74. The summed E-state index contributed by atoms with van der Waals surface area (Å²) >= 11 is 7.72. The lowest BCUT2D eigenvalue weighted by atomic mass is 10.2. The van der Waals surface area contributed by atoms with Gasteiger partial charge in [0.05, 0.1) is 5.02 Å². The average Bonchev–Trinajstić information content (AvgIpc) is 2.38. The molecule has 19 heavy (non-hydrogen) atoms. The summed E-state index contributed by atoms with van der Waals surface area (Å²) in [7, 11) is 0. The first-order valence-electron chi connectivity index (χ1n) is 6.13. The van der Waals surface area contributed by atoms with E-state index in [0.29, 0.717) is 17.4 Å². The van der Waals surface area contributed by atoms with Crippen LogP contribution < -0.4 is 10.6 Å². The highest BCUT2D eigenvalue weighted by Crippen LogP contribution is 2.21. The van der Waals surface area contributed by atoms with E-state index in [2.05, 4.69) is 29.5 Å². The van der Waals surface area contributed by atoms with Gasteiger partial charge < -0.3 is 10.6 Å². The number of carbonyl (C=O) groups excluding carboxylic acids is 1. The summed E-state index contributed by atoms with van der Waals surface area (Å²) in [6.45, 7) is 7.42. The molecule has 0 bridgehead atoms. The van der Waals surface area contributed by atoms with Gasteiger partial charge in [-0.1, -0.05) is 11.6 Å². The second-order valence-corrected chi connectivity index (χ2v) is 6.62. The maximum atomic E-state index is 12.1. The molecule has 6 heteroatoms. The van der Waals surface area contributed by atoms with Crippen molar-refractivity contribution in [1.82, 2.24) is 10.3 Å². The third-order valence-electron chi connectivity index (χ3n) is 2.65. The Kier molecular flexibility index (Phi) is 5.94. The Balaban J connectivity index is 2.78. The summed E-state index contributed by atoms with van der Waals surface area (Å²) in [4.78, 5) is 16.3. The second-order valence-electron chi connectivity index (χ2n) is 4.70. The van der Waals surface area contributed by atoms with Crippen LogP contribution in [0.5, 0.6) is 0 Å². The number of thioether (sulfide) groups is 1. The number of hydrogen-bond acceptors (Lipinski definition) is 4. The lowest BCUT2D eigenvalue weighted by Crippen LogP contribution is -2.36. The van der Waals surface area contributed by atoms with Crippen LogP contribution in [0.2, 0.25) is 5.02 Å². The number of carbonyl (C=O) groups is 1. The molecule has 0 fully saturated rings. The van der Waals surface area contributed by atoms with Crippen molar-refractivity contribution >= 4 is 35.1 Å². The summed E-state index contributed by atoms with van der Waals surface area (Å²) < 4.78 is -0.0125. The summed E-state index contributed by atoms with van der Waals surface area (Å²) in [6.07, 6.45) is 2.02. The fourth-order valence-electron chi connectivity index (χ4n) is 1.33. The molecule has 0 spiro atoms. The first-order valence-corrected chi connectivity index (χ1v) is 7.73. The van der Waals surface area contributed by atoms with Gasteiger partial charge in [0.1, 0.15) is 11.5 Å². The number of rotatable bonds is 6. The van der Waals surface area contributed by atoms with Crippen LogP contribution in [-0.2, 0) is 0 Å². The highest BCUT2D eigenvalue weighted by Gasteiger charge is 2.19. The molecule has 4 nitrogen and oxygen atoms in total. The van der Waals surface area contributed by atoms with E-state index in [0.717, 1.165) is 6.54 Å². The smallest absolute Gasteiger partial charge is 0.271 e. The van der Waals surface area contributed by atoms with Crippen LogP contribution in [0.4, 0.5) is 5.82 Å². The standard InChI is InChI=1S/C13H20ClN3OS/c1-5-15-10-7-6-9(14)11(17-10)12(18)16-8-13(2,3)19-4/h6-7H,5,8H2,1-4H3,(H,15,17)(H,16,18). The molecule has 106 valence electrons. The molecule has 1 rings (SSSR count). The van der Waals surface area contributed by atoms with E-state index < -0.39 is 0 Å². The first kappa shape index (κ1) is 16.1. The van der Waals surface area contributed by atoms with E-state index in [4.69, 9.17) is 11.6 Å². The molecule has 0 aliphatic rings. The monoisotopic (exact) mass is 301 g/mol. The molecular weight excluding hydrogens is 282 g/mol. The zero-order valence-corrected chi connectivity index (χ0v) is 13.3. The predicted octanol–water partition coefficient (Wildman–Crippen LogP) is 3.04. The molecule has 0 aliphatic carbocycles. The van der Waals surface area contributed by atoms with Gasteiger partial charge in [0.15, 0.2) is 0 Å². The van der Waals surface area contributed by atoms with E-state index in [1.165, 1.54) is 0 Å². The van der Waals surface area contributed by atoms with Crippen molar-refractivity contribution in [3.8, 4) is 0 Å². The SMILES string of the molecule is CCNc1ccc(Cl)c(C(=O)NCC(C)(C)SC)n1. The van der Waals surface area contributed by atoms with Gasteiger partial charge in [0, 0.05) is 17.8 Å². The maximum absolute atomic E-state index is 12.1. The lowest BCUT2D eigenvalue weighted by Gasteiger charge is -2.22. The van der Waals surface area contributed by atoms with Crippen LogP contribution in [0, 0.1) is 0 Å². The van der Waals surface area contributed by atoms with Gasteiger partial charge in [-0.2, -0.15) is 11.8 Å². The van der Waals surface area contributed by atoms with Crippen molar-refractivity contribution in [2.24, 2.45) is 0 Å². The molecule has 0 radical (unpaired) electrons. The minimum absolute atomic E-state index is 0.0125. The van der Waals surface area contributed by atoms with Crippen LogP contribution >= 0.6 is 23.4 Å². The molecule has 0 unspecified atom stereocenters. The summed E-state index contributed by atoms with van der Waals surface area (Å²) in [5.74, 6) is 0.410. The van der Waals surface area contributed by atoms with Crippen molar-refractivity contribution in [3.05, 3.63) is 22.8 Å². The number of anilines is 1. The Morgan fingerprint density at radius 3 is 2.74 bits per heavy atom. The third kappa shape index (κ3) is 4.91. The molecule has 0 aliphatic heterocycles. The molecule has 1 heterocycles. The zero-order valence-electron chi connectivity index (χ0n) is 11.7. The predicted molar refractivity (Wildman–Crippen MR) is 83.3 cm³/mol. The number of nitrogens with one attached hydrogen (secondary N) is 2. The van der Waals surface area contributed by atoms with E-state index in [9.17, 15) is 4.79 Å². The summed E-state index contributed by atoms with van der Waals surface area (Å²) in [5.41, 5.74) is 0.261. The number of amides is 1. The highest BCUT2D eigenvalue weighted by molar-refractivity contribution is 7.99.